The number of carbonyl (C=O) groups is 1. The van der Waals surface area contributed by atoms with Crippen LogP contribution in [0, 0.1) is 5.92 Å². The van der Waals surface area contributed by atoms with Gasteiger partial charge >= 0.3 is 0 Å². The number of ether oxygens (including phenoxy) is 3. The largest absolute Gasteiger partial charge is 0.486 e. The molecule has 1 heterocycles. The van der Waals surface area contributed by atoms with Gasteiger partial charge in [-0.2, -0.15) is 0 Å². The molecule has 1 aliphatic rings. The van der Waals surface area contributed by atoms with Gasteiger partial charge in [0.2, 0.25) is 0 Å². The van der Waals surface area contributed by atoms with Crippen LogP contribution in [0.2, 0.25) is 10.0 Å². The van der Waals surface area contributed by atoms with Crippen molar-refractivity contribution in [1.29, 1.82) is 0 Å². The average Bonchev–Trinajstić information content (AvgIpc) is 2.65. The summed E-state index contributed by atoms with van der Waals surface area (Å²) in [4.78, 5) is 12.4. The van der Waals surface area contributed by atoms with Gasteiger partial charge in [0.15, 0.2) is 18.1 Å². The van der Waals surface area contributed by atoms with Gasteiger partial charge in [-0.05, 0) is 41.8 Å². The van der Waals surface area contributed by atoms with E-state index in [1.165, 1.54) is 0 Å². The molecule has 0 fully saturated rings. The van der Waals surface area contributed by atoms with Gasteiger partial charge in [-0.3, -0.25) is 4.79 Å². The van der Waals surface area contributed by atoms with Crippen LogP contribution in [-0.2, 0) is 4.79 Å². The molecule has 27 heavy (non-hydrogen) atoms. The molecule has 1 aliphatic heterocycles. The molecule has 3 rings (SSSR count). The van der Waals surface area contributed by atoms with E-state index in [0.29, 0.717) is 34.8 Å². The number of amides is 1. The van der Waals surface area contributed by atoms with Crippen molar-refractivity contribution in [2.75, 3.05) is 19.8 Å². The van der Waals surface area contributed by atoms with Gasteiger partial charge in [-0.25, -0.2) is 0 Å². The first-order chi connectivity index (χ1) is 12.9. The number of fused-ring (bicyclic) bond motifs is 1. The number of hydrogen-bond acceptors (Lipinski definition) is 4. The van der Waals surface area contributed by atoms with Crippen LogP contribution in [0.25, 0.3) is 0 Å². The van der Waals surface area contributed by atoms with Gasteiger partial charge in [-0.1, -0.05) is 43.1 Å². The van der Waals surface area contributed by atoms with Crippen LogP contribution in [0.4, 0.5) is 0 Å². The fourth-order valence-electron chi connectivity index (χ4n) is 2.84. The van der Waals surface area contributed by atoms with Crippen molar-refractivity contribution < 1.29 is 19.0 Å². The van der Waals surface area contributed by atoms with E-state index >= 15 is 0 Å². The van der Waals surface area contributed by atoms with E-state index in [1.54, 1.807) is 18.2 Å². The summed E-state index contributed by atoms with van der Waals surface area (Å²) in [6, 6.07) is 10.4. The Balaban J connectivity index is 1.66. The van der Waals surface area contributed by atoms with Crippen LogP contribution >= 0.6 is 23.2 Å². The molecule has 7 heteroatoms. The summed E-state index contributed by atoms with van der Waals surface area (Å²) in [5.74, 6) is 1.77. The molecule has 0 aliphatic carbocycles. The minimum absolute atomic E-state index is 0.144. The molecular formula is C20H21Cl2NO4. The Kier molecular flexibility index (Phi) is 6.34. The molecule has 0 spiro atoms. The third-order valence-corrected chi connectivity index (χ3v) is 4.69. The Hall–Kier alpha value is -2.11. The minimum atomic E-state index is -0.241. The second-order valence-corrected chi connectivity index (χ2v) is 7.40. The number of rotatable bonds is 6. The molecule has 1 unspecified atom stereocenters. The third kappa shape index (κ3) is 4.99. The van der Waals surface area contributed by atoms with Crippen molar-refractivity contribution in [3.63, 3.8) is 0 Å². The van der Waals surface area contributed by atoms with Crippen molar-refractivity contribution in [2.45, 2.75) is 19.9 Å². The normalized spacial score (nSPS) is 14.0. The zero-order chi connectivity index (χ0) is 19.4. The molecule has 0 saturated heterocycles. The molecule has 1 atom stereocenters. The molecule has 5 nitrogen and oxygen atoms in total. The summed E-state index contributed by atoms with van der Waals surface area (Å²) in [6.45, 7) is 5.00. The van der Waals surface area contributed by atoms with Crippen molar-refractivity contribution in [1.82, 2.24) is 5.32 Å². The van der Waals surface area contributed by atoms with Gasteiger partial charge in [-0.15, -0.1) is 0 Å². The van der Waals surface area contributed by atoms with Crippen LogP contribution < -0.4 is 19.5 Å². The lowest BCUT2D eigenvalue weighted by atomic mass is 9.95. The van der Waals surface area contributed by atoms with Gasteiger partial charge in [0.25, 0.3) is 5.91 Å². The maximum Gasteiger partial charge on any atom is 0.258 e. The minimum Gasteiger partial charge on any atom is -0.486 e. The Morgan fingerprint density at radius 2 is 1.85 bits per heavy atom. The lowest BCUT2D eigenvalue weighted by Gasteiger charge is -2.25. The predicted octanol–water partition coefficient (Wildman–Crippen LogP) is 4.66. The number of hydrogen-bond donors (Lipinski definition) is 1. The van der Waals surface area contributed by atoms with Crippen LogP contribution in [-0.4, -0.2) is 25.7 Å². The SMILES string of the molecule is CC(C)C(NC(=O)COc1ccc(Cl)cc1Cl)c1ccc2c(c1)OCCO2. The number of nitrogens with one attached hydrogen (secondary N) is 1. The standard InChI is InChI=1S/C20H21Cl2NO4/c1-12(2)20(13-3-5-17-18(9-13)26-8-7-25-17)23-19(24)11-27-16-6-4-14(21)10-15(16)22/h3-6,9-10,12,20H,7-8,11H2,1-2H3,(H,23,24). The topological polar surface area (TPSA) is 56.8 Å². The summed E-state index contributed by atoms with van der Waals surface area (Å²) in [7, 11) is 0. The van der Waals surface area contributed by atoms with Gasteiger partial charge in [0, 0.05) is 5.02 Å². The molecule has 1 amide bonds. The highest BCUT2D eigenvalue weighted by atomic mass is 35.5. The summed E-state index contributed by atoms with van der Waals surface area (Å²) in [5, 5.41) is 3.88. The molecule has 0 aromatic heterocycles. The second kappa shape index (κ2) is 8.72. The van der Waals surface area contributed by atoms with Crippen LogP contribution in [0.3, 0.4) is 0 Å². The van der Waals surface area contributed by atoms with Gasteiger partial charge in [0.1, 0.15) is 19.0 Å². The van der Waals surface area contributed by atoms with E-state index in [-0.39, 0.29) is 24.5 Å². The molecule has 0 saturated carbocycles. The van der Waals surface area contributed by atoms with Crippen LogP contribution in [0.15, 0.2) is 36.4 Å². The summed E-state index contributed by atoms with van der Waals surface area (Å²) >= 11 is 11.9. The molecule has 1 N–H and O–H groups in total. The first-order valence-corrected chi connectivity index (χ1v) is 9.46. The lowest BCUT2D eigenvalue weighted by Crippen LogP contribution is -2.35. The molecular weight excluding hydrogens is 389 g/mol. The summed E-state index contributed by atoms with van der Waals surface area (Å²) in [6.07, 6.45) is 0. The van der Waals surface area contributed by atoms with Crippen molar-refractivity contribution in [3.8, 4) is 17.2 Å². The van der Waals surface area contributed by atoms with Crippen LogP contribution in [0.5, 0.6) is 17.2 Å². The molecule has 144 valence electrons. The quantitative estimate of drug-likeness (QED) is 0.753. The number of carbonyl (C=O) groups excluding carboxylic acids is 1. The lowest BCUT2D eigenvalue weighted by molar-refractivity contribution is -0.124. The summed E-state index contributed by atoms with van der Waals surface area (Å²) < 4.78 is 16.7. The average molecular weight is 410 g/mol. The first-order valence-electron chi connectivity index (χ1n) is 8.71. The van der Waals surface area contributed by atoms with E-state index in [1.807, 2.05) is 32.0 Å². The smallest absolute Gasteiger partial charge is 0.258 e. The molecule has 2 aromatic carbocycles. The first kappa shape index (κ1) is 19.6. The zero-order valence-corrected chi connectivity index (χ0v) is 16.6. The van der Waals surface area contributed by atoms with Crippen LogP contribution in [0.1, 0.15) is 25.5 Å². The molecule has 0 radical (unpaired) electrons. The van der Waals surface area contributed by atoms with E-state index in [2.05, 4.69) is 5.32 Å². The van der Waals surface area contributed by atoms with Gasteiger partial charge < -0.3 is 19.5 Å². The molecule has 0 bridgehead atoms. The van der Waals surface area contributed by atoms with E-state index in [0.717, 1.165) is 11.3 Å². The van der Waals surface area contributed by atoms with Crippen molar-refractivity contribution in [3.05, 3.63) is 52.0 Å². The highest BCUT2D eigenvalue weighted by Gasteiger charge is 2.21. The van der Waals surface area contributed by atoms with E-state index < -0.39 is 0 Å². The third-order valence-electron chi connectivity index (χ3n) is 4.16. The molecule has 2 aromatic rings. The van der Waals surface area contributed by atoms with E-state index in [4.69, 9.17) is 37.4 Å². The fraction of sp³-hybridized carbons (Fsp3) is 0.350. The van der Waals surface area contributed by atoms with Gasteiger partial charge in [0.05, 0.1) is 11.1 Å². The Morgan fingerprint density at radius 1 is 1.11 bits per heavy atom. The Labute approximate surface area is 168 Å². The maximum absolute atomic E-state index is 12.4. The Bertz CT molecular complexity index is 826. The second-order valence-electron chi connectivity index (χ2n) is 6.56. The monoisotopic (exact) mass is 409 g/mol. The summed E-state index contributed by atoms with van der Waals surface area (Å²) in [5.41, 5.74) is 0.951. The highest BCUT2D eigenvalue weighted by molar-refractivity contribution is 6.35. The van der Waals surface area contributed by atoms with Crippen molar-refractivity contribution in [2.24, 2.45) is 5.92 Å². The number of halogens is 2. The zero-order valence-electron chi connectivity index (χ0n) is 15.1. The predicted molar refractivity (Wildman–Crippen MR) is 105 cm³/mol. The van der Waals surface area contributed by atoms with Crippen molar-refractivity contribution >= 4 is 29.1 Å². The highest BCUT2D eigenvalue weighted by Crippen LogP contribution is 2.34. The number of benzene rings is 2. The van der Waals surface area contributed by atoms with E-state index in [9.17, 15) is 4.79 Å². The maximum atomic E-state index is 12.4. The Morgan fingerprint density at radius 3 is 2.56 bits per heavy atom. The fourth-order valence-corrected chi connectivity index (χ4v) is 3.30.